The van der Waals surface area contributed by atoms with E-state index in [4.69, 9.17) is 0 Å². The number of hydrogen-bond donors (Lipinski definition) is 1. The average molecular weight is 511 g/mol. The van der Waals surface area contributed by atoms with Crippen molar-refractivity contribution in [2.75, 3.05) is 37.6 Å². The van der Waals surface area contributed by atoms with E-state index in [1.807, 2.05) is 48.2 Å². The normalized spacial score (nSPS) is 20.9. The monoisotopic (exact) mass is 510 g/mol. The number of carbonyl (C=O) groups excluding carboxylic acids is 2. The molecule has 5 rings (SSSR count). The van der Waals surface area contributed by atoms with E-state index in [9.17, 15) is 18.0 Å². The van der Waals surface area contributed by atoms with Crippen LogP contribution in [0.3, 0.4) is 0 Å². The minimum Gasteiger partial charge on any atom is -0.352 e. The first-order valence-corrected chi connectivity index (χ1v) is 14.3. The first-order chi connectivity index (χ1) is 17.3. The van der Waals surface area contributed by atoms with Gasteiger partial charge in [0.25, 0.3) is 16.1 Å². The molecule has 3 heterocycles. The van der Waals surface area contributed by atoms with Crippen molar-refractivity contribution in [2.24, 2.45) is 5.92 Å². The molecule has 0 spiro atoms. The van der Waals surface area contributed by atoms with E-state index in [-0.39, 0.29) is 24.3 Å². The summed E-state index contributed by atoms with van der Waals surface area (Å²) < 4.78 is 28.9. The number of nitrogens with one attached hydrogen (secondary N) is 1. The summed E-state index contributed by atoms with van der Waals surface area (Å²) in [5, 5.41) is 3.01. The predicted molar refractivity (Wildman–Crippen MR) is 139 cm³/mol. The lowest BCUT2D eigenvalue weighted by molar-refractivity contribution is -0.126. The highest BCUT2D eigenvalue weighted by molar-refractivity contribution is 7.86. The van der Waals surface area contributed by atoms with E-state index < -0.39 is 10.2 Å². The molecule has 2 fully saturated rings. The largest absolute Gasteiger partial charge is 0.352 e. The number of anilines is 1. The number of fused-ring (bicyclic) bond motifs is 1. The van der Waals surface area contributed by atoms with Gasteiger partial charge in [-0.25, -0.2) is 0 Å². The van der Waals surface area contributed by atoms with Gasteiger partial charge in [0.05, 0.1) is 5.92 Å². The first kappa shape index (κ1) is 24.9. The number of aryl methyl sites for hydroxylation is 1. The van der Waals surface area contributed by atoms with Crippen molar-refractivity contribution in [1.82, 2.24) is 13.9 Å². The van der Waals surface area contributed by atoms with Crippen LogP contribution >= 0.6 is 0 Å². The Morgan fingerprint density at radius 3 is 2.53 bits per heavy atom. The number of carbonyl (C=O) groups is 2. The maximum Gasteiger partial charge on any atom is 0.281 e. The lowest BCUT2D eigenvalue weighted by Crippen LogP contribution is -2.49. The van der Waals surface area contributed by atoms with Crippen LogP contribution < -0.4 is 10.2 Å². The van der Waals surface area contributed by atoms with Crippen LogP contribution in [-0.2, 0) is 28.0 Å². The molecule has 9 heteroatoms. The quantitative estimate of drug-likeness (QED) is 0.647. The lowest BCUT2D eigenvalue weighted by Gasteiger charge is -2.33. The van der Waals surface area contributed by atoms with Crippen LogP contribution in [0.4, 0.5) is 5.69 Å². The molecule has 0 saturated carbocycles. The van der Waals surface area contributed by atoms with Gasteiger partial charge in [-0.2, -0.15) is 17.0 Å². The van der Waals surface area contributed by atoms with Gasteiger partial charge in [0.1, 0.15) is 0 Å². The van der Waals surface area contributed by atoms with E-state index in [0.29, 0.717) is 51.1 Å². The summed E-state index contributed by atoms with van der Waals surface area (Å²) in [6.07, 6.45) is 3.96. The fourth-order valence-corrected chi connectivity index (χ4v) is 7.27. The van der Waals surface area contributed by atoms with Gasteiger partial charge < -0.3 is 10.2 Å². The van der Waals surface area contributed by atoms with Gasteiger partial charge in [0.15, 0.2) is 0 Å². The van der Waals surface area contributed by atoms with Gasteiger partial charge in [-0.1, -0.05) is 29.8 Å². The number of amides is 2. The molecule has 1 N–H and O–H groups in total. The summed E-state index contributed by atoms with van der Waals surface area (Å²) >= 11 is 0. The summed E-state index contributed by atoms with van der Waals surface area (Å²) in [5.41, 5.74) is 4.74. The van der Waals surface area contributed by atoms with E-state index in [1.165, 1.54) is 4.31 Å². The number of benzene rings is 2. The predicted octanol–water partition coefficient (Wildman–Crippen LogP) is 2.87. The first-order valence-electron chi connectivity index (χ1n) is 12.9. The van der Waals surface area contributed by atoms with E-state index >= 15 is 0 Å². The van der Waals surface area contributed by atoms with Crippen LogP contribution in [0.2, 0.25) is 0 Å². The summed E-state index contributed by atoms with van der Waals surface area (Å²) in [6, 6.07) is 13.6. The Labute approximate surface area is 213 Å². The summed E-state index contributed by atoms with van der Waals surface area (Å²) in [7, 11) is -3.48. The minimum atomic E-state index is -3.48. The van der Waals surface area contributed by atoms with Crippen molar-refractivity contribution in [3.8, 4) is 0 Å². The molecular weight excluding hydrogens is 476 g/mol. The molecule has 0 bridgehead atoms. The van der Waals surface area contributed by atoms with Crippen LogP contribution in [0.5, 0.6) is 0 Å². The zero-order valence-electron chi connectivity index (χ0n) is 20.8. The molecule has 0 radical (unpaired) electrons. The van der Waals surface area contributed by atoms with Gasteiger partial charge in [-0.05, 0) is 68.4 Å². The number of hydrogen-bond acceptors (Lipinski definition) is 4. The van der Waals surface area contributed by atoms with Gasteiger partial charge in [-0.15, -0.1) is 0 Å². The third-order valence-corrected chi connectivity index (χ3v) is 9.49. The minimum absolute atomic E-state index is 0.00392. The molecule has 0 aliphatic carbocycles. The van der Waals surface area contributed by atoms with Gasteiger partial charge in [0.2, 0.25) is 5.91 Å². The lowest BCUT2D eigenvalue weighted by atomic mass is 9.98. The summed E-state index contributed by atoms with van der Waals surface area (Å²) in [4.78, 5) is 27.8. The molecule has 2 saturated heterocycles. The molecule has 192 valence electrons. The van der Waals surface area contributed by atoms with E-state index in [2.05, 4.69) is 11.4 Å². The Morgan fingerprint density at radius 1 is 0.972 bits per heavy atom. The second-order valence-electron chi connectivity index (χ2n) is 10.1. The van der Waals surface area contributed by atoms with Crippen LogP contribution in [0.25, 0.3) is 0 Å². The zero-order valence-corrected chi connectivity index (χ0v) is 21.6. The standard InChI is InChI=1S/C27H34N4O4S/c1-20-6-4-7-23(16-20)27(33)31-15-11-22-17-21(9-10-25(22)31)18-28-26(32)24-8-5-14-30(19-24)36(34,35)29-12-2-3-13-29/h4,6-7,9-10,16-17,24H,2-3,5,8,11-15,18-19H2,1H3,(H,28,32)/t24-/m0/s1. The van der Waals surface area contributed by atoms with Crippen molar-refractivity contribution in [3.05, 3.63) is 64.7 Å². The Morgan fingerprint density at radius 2 is 1.75 bits per heavy atom. The molecule has 8 nitrogen and oxygen atoms in total. The molecule has 2 aromatic carbocycles. The highest BCUT2D eigenvalue weighted by Gasteiger charge is 2.36. The maximum atomic E-state index is 13.0. The smallest absolute Gasteiger partial charge is 0.281 e. The fourth-order valence-electron chi connectivity index (χ4n) is 5.49. The third kappa shape index (κ3) is 5.05. The summed E-state index contributed by atoms with van der Waals surface area (Å²) in [6.45, 7) is 4.86. The third-order valence-electron chi connectivity index (χ3n) is 7.49. The summed E-state index contributed by atoms with van der Waals surface area (Å²) in [5.74, 6) is -0.440. The van der Waals surface area contributed by atoms with E-state index in [1.54, 1.807) is 4.31 Å². The van der Waals surface area contributed by atoms with E-state index in [0.717, 1.165) is 41.6 Å². The number of rotatable bonds is 6. The van der Waals surface area contributed by atoms with Crippen LogP contribution in [0.15, 0.2) is 42.5 Å². The zero-order chi connectivity index (χ0) is 25.3. The Balaban J connectivity index is 1.19. The van der Waals surface area contributed by atoms with Crippen LogP contribution in [0.1, 0.15) is 52.7 Å². The highest BCUT2D eigenvalue weighted by Crippen LogP contribution is 2.30. The second-order valence-corrected chi connectivity index (χ2v) is 12.0. The Hall–Kier alpha value is -2.75. The molecular formula is C27H34N4O4S. The molecule has 2 aromatic rings. The van der Waals surface area contributed by atoms with Gasteiger partial charge in [0, 0.05) is 50.5 Å². The van der Waals surface area contributed by atoms with Gasteiger partial charge in [-0.3, -0.25) is 9.59 Å². The molecule has 3 aliphatic heterocycles. The van der Waals surface area contributed by atoms with Crippen molar-refractivity contribution < 1.29 is 18.0 Å². The van der Waals surface area contributed by atoms with Crippen molar-refractivity contribution in [1.29, 1.82) is 0 Å². The maximum absolute atomic E-state index is 13.0. The Bertz CT molecular complexity index is 1260. The molecule has 2 amide bonds. The molecule has 0 aromatic heterocycles. The van der Waals surface area contributed by atoms with Crippen molar-refractivity contribution in [3.63, 3.8) is 0 Å². The van der Waals surface area contributed by atoms with Crippen molar-refractivity contribution >= 4 is 27.7 Å². The second kappa shape index (κ2) is 10.3. The topological polar surface area (TPSA) is 90.0 Å². The Kier molecular flexibility index (Phi) is 7.14. The van der Waals surface area contributed by atoms with Crippen molar-refractivity contribution in [2.45, 2.75) is 45.6 Å². The van der Waals surface area contributed by atoms with Crippen LogP contribution in [-0.4, -0.2) is 61.6 Å². The molecule has 1 atom stereocenters. The van der Waals surface area contributed by atoms with Crippen LogP contribution in [0, 0.1) is 12.8 Å². The number of nitrogens with zero attached hydrogens (tertiary/aromatic N) is 3. The number of piperidine rings is 1. The average Bonchev–Trinajstić information content (AvgIpc) is 3.58. The van der Waals surface area contributed by atoms with Gasteiger partial charge >= 0.3 is 0 Å². The molecule has 36 heavy (non-hydrogen) atoms. The molecule has 0 unspecified atom stereocenters. The molecule has 3 aliphatic rings. The highest BCUT2D eigenvalue weighted by atomic mass is 32.2. The SMILES string of the molecule is Cc1cccc(C(=O)N2CCc3cc(CNC(=O)[C@H]4CCCN(S(=O)(=O)N5CCCC5)C4)ccc32)c1. The fraction of sp³-hybridized carbons (Fsp3) is 0.481.